The van der Waals surface area contributed by atoms with E-state index in [1.807, 2.05) is 36.4 Å². The Bertz CT molecular complexity index is 827. The van der Waals surface area contributed by atoms with Crippen LogP contribution in [0.15, 0.2) is 60.7 Å². The molecule has 0 aliphatic carbocycles. The second-order valence-electron chi connectivity index (χ2n) is 4.86. The number of primary amides is 1. The molecule has 4 heteroatoms. The van der Waals surface area contributed by atoms with Gasteiger partial charge in [-0.2, -0.15) is 0 Å². The third-order valence-corrected chi connectivity index (χ3v) is 3.34. The number of anilines is 3. The molecule has 4 nitrogen and oxygen atoms in total. The van der Waals surface area contributed by atoms with Crippen molar-refractivity contribution in [2.45, 2.75) is 0 Å². The molecule has 5 N–H and O–H groups in total. The lowest BCUT2D eigenvalue weighted by molar-refractivity contribution is 0.100. The predicted molar refractivity (Wildman–Crippen MR) is 86.6 cm³/mol. The van der Waals surface area contributed by atoms with Crippen LogP contribution in [-0.4, -0.2) is 5.91 Å². The number of hydrogen-bond acceptors (Lipinski definition) is 3. The average Bonchev–Trinajstić information content (AvgIpc) is 2.49. The molecule has 0 radical (unpaired) electrons. The zero-order valence-corrected chi connectivity index (χ0v) is 11.3. The Morgan fingerprint density at radius 2 is 1.67 bits per heavy atom. The highest BCUT2D eigenvalue weighted by Gasteiger charge is 2.09. The van der Waals surface area contributed by atoms with E-state index in [1.165, 1.54) is 0 Å². The molecule has 0 aliphatic rings. The van der Waals surface area contributed by atoms with Gasteiger partial charge in [-0.15, -0.1) is 0 Å². The molecule has 0 bridgehead atoms. The zero-order valence-electron chi connectivity index (χ0n) is 11.3. The molecule has 3 rings (SSSR count). The van der Waals surface area contributed by atoms with Gasteiger partial charge in [0.1, 0.15) is 0 Å². The largest absolute Gasteiger partial charge is 0.399 e. The first-order valence-electron chi connectivity index (χ1n) is 6.58. The Hall–Kier alpha value is -3.01. The molecule has 0 aromatic heterocycles. The van der Waals surface area contributed by atoms with Crippen LogP contribution < -0.4 is 16.8 Å². The van der Waals surface area contributed by atoms with Gasteiger partial charge >= 0.3 is 0 Å². The Labute approximate surface area is 122 Å². The van der Waals surface area contributed by atoms with Crippen molar-refractivity contribution in [2.24, 2.45) is 5.73 Å². The molecule has 0 aliphatic heterocycles. The van der Waals surface area contributed by atoms with Crippen LogP contribution >= 0.6 is 0 Å². The lowest BCUT2D eigenvalue weighted by Crippen LogP contribution is -2.13. The highest BCUT2D eigenvalue weighted by atomic mass is 16.1. The first-order valence-corrected chi connectivity index (χ1v) is 6.58. The first-order chi connectivity index (χ1) is 10.1. The third-order valence-electron chi connectivity index (χ3n) is 3.34. The quantitative estimate of drug-likeness (QED) is 0.643. The van der Waals surface area contributed by atoms with Crippen LogP contribution in [0.25, 0.3) is 10.8 Å². The monoisotopic (exact) mass is 277 g/mol. The maximum atomic E-state index is 11.5. The Morgan fingerprint density at radius 3 is 2.43 bits per heavy atom. The summed E-state index contributed by atoms with van der Waals surface area (Å²) in [5.74, 6) is -0.509. The van der Waals surface area contributed by atoms with Crippen molar-refractivity contribution in [2.75, 3.05) is 11.1 Å². The molecule has 0 saturated carbocycles. The molecule has 0 spiro atoms. The Balaban J connectivity index is 2.00. The zero-order chi connectivity index (χ0) is 14.8. The third kappa shape index (κ3) is 2.65. The van der Waals surface area contributed by atoms with Gasteiger partial charge in [-0.25, -0.2) is 0 Å². The van der Waals surface area contributed by atoms with Crippen molar-refractivity contribution in [1.29, 1.82) is 0 Å². The van der Waals surface area contributed by atoms with Gasteiger partial charge in [0.2, 0.25) is 0 Å². The van der Waals surface area contributed by atoms with Crippen molar-refractivity contribution in [1.82, 2.24) is 0 Å². The predicted octanol–water partition coefficient (Wildman–Crippen LogP) is 3.26. The number of nitrogens with one attached hydrogen (secondary N) is 1. The molecule has 3 aromatic rings. The van der Waals surface area contributed by atoms with Crippen molar-refractivity contribution in [3.63, 3.8) is 0 Å². The molecule has 0 unspecified atom stereocenters. The van der Waals surface area contributed by atoms with E-state index in [0.29, 0.717) is 16.9 Å². The van der Waals surface area contributed by atoms with Crippen LogP contribution in [0, 0.1) is 0 Å². The summed E-state index contributed by atoms with van der Waals surface area (Å²) in [5.41, 5.74) is 13.5. The van der Waals surface area contributed by atoms with Gasteiger partial charge in [-0.05, 0) is 41.1 Å². The molecular weight excluding hydrogens is 262 g/mol. The summed E-state index contributed by atoms with van der Waals surface area (Å²) in [6, 6.07) is 19.2. The summed E-state index contributed by atoms with van der Waals surface area (Å²) in [4.78, 5) is 11.5. The van der Waals surface area contributed by atoms with E-state index in [-0.39, 0.29) is 0 Å². The maximum absolute atomic E-state index is 11.5. The molecule has 1 amide bonds. The number of carbonyl (C=O) groups excluding carboxylic acids is 1. The minimum Gasteiger partial charge on any atom is -0.399 e. The smallest absolute Gasteiger partial charge is 0.250 e. The van der Waals surface area contributed by atoms with Gasteiger partial charge < -0.3 is 16.8 Å². The number of benzene rings is 3. The molecular formula is C17H15N3O. The van der Waals surface area contributed by atoms with E-state index in [0.717, 1.165) is 16.5 Å². The SMILES string of the molecule is NC(=O)c1cc(N)ccc1Nc1ccc2ccccc2c1. The van der Waals surface area contributed by atoms with Crippen molar-refractivity contribution >= 4 is 33.7 Å². The van der Waals surface area contributed by atoms with E-state index >= 15 is 0 Å². The fraction of sp³-hybridized carbons (Fsp3) is 0. The van der Waals surface area contributed by atoms with Gasteiger partial charge in [0.05, 0.1) is 11.3 Å². The molecule has 0 atom stereocenters. The second kappa shape index (κ2) is 5.17. The highest BCUT2D eigenvalue weighted by molar-refractivity contribution is 6.00. The number of nitrogens with two attached hydrogens (primary N) is 2. The number of rotatable bonds is 3. The van der Waals surface area contributed by atoms with E-state index in [9.17, 15) is 4.79 Å². The van der Waals surface area contributed by atoms with Crippen LogP contribution in [0.2, 0.25) is 0 Å². The lowest BCUT2D eigenvalue weighted by atomic mass is 10.1. The average molecular weight is 277 g/mol. The number of fused-ring (bicyclic) bond motifs is 1. The van der Waals surface area contributed by atoms with E-state index in [2.05, 4.69) is 11.4 Å². The van der Waals surface area contributed by atoms with Gasteiger partial charge in [0.25, 0.3) is 5.91 Å². The number of nitrogen functional groups attached to an aromatic ring is 1. The highest BCUT2D eigenvalue weighted by Crippen LogP contribution is 2.25. The van der Waals surface area contributed by atoms with E-state index in [4.69, 9.17) is 11.5 Å². The fourth-order valence-corrected chi connectivity index (χ4v) is 2.30. The summed E-state index contributed by atoms with van der Waals surface area (Å²) in [6.07, 6.45) is 0. The van der Waals surface area contributed by atoms with Crippen LogP contribution in [0.3, 0.4) is 0 Å². The van der Waals surface area contributed by atoms with Crippen LogP contribution in [0.4, 0.5) is 17.1 Å². The minimum atomic E-state index is -0.509. The van der Waals surface area contributed by atoms with Gasteiger partial charge in [-0.1, -0.05) is 30.3 Å². The first kappa shape index (κ1) is 13.0. The van der Waals surface area contributed by atoms with Gasteiger partial charge in [0.15, 0.2) is 0 Å². The second-order valence-corrected chi connectivity index (χ2v) is 4.86. The number of hydrogen-bond donors (Lipinski definition) is 3. The summed E-state index contributed by atoms with van der Waals surface area (Å²) in [5, 5.41) is 5.50. The molecule has 0 heterocycles. The summed E-state index contributed by atoms with van der Waals surface area (Å²) in [6.45, 7) is 0. The van der Waals surface area contributed by atoms with Crippen LogP contribution in [0.5, 0.6) is 0 Å². The molecule has 104 valence electrons. The Kier molecular flexibility index (Phi) is 3.20. The normalized spacial score (nSPS) is 10.5. The standard InChI is InChI=1S/C17H15N3O/c18-13-6-8-16(15(10-13)17(19)21)20-14-7-5-11-3-1-2-4-12(11)9-14/h1-10,20H,18H2,(H2,19,21). The minimum absolute atomic E-state index is 0.378. The molecule has 3 aromatic carbocycles. The molecule has 0 fully saturated rings. The number of amides is 1. The summed E-state index contributed by atoms with van der Waals surface area (Å²) < 4.78 is 0. The number of carbonyl (C=O) groups is 1. The van der Waals surface area contributed by atoms with Crippen molar-refractivity contribution in [3.8, 4) is 0 Å². The molecule has 0 saturated heterocycles. The summed E-state index contributed by atoms with van der Waals surface area (Å²) in [7, 11) is 0. The van der Waals surface area contributed by atoms with Crippen molar-refractivity contribution in [3.05, 3.63) is 66.2 Å². The Morgan fingerprint density at radius 1 is 0.905 bits per heavy atom. The van der Waals surface area contributed by atoms with E-state index < -0.39 is 5.91 Å². The lowest BCUT2D eigenvalue weighted by Gasteiger charge is -2.11. The maximum Gasteiger partial charge on any atom is 0.250 e. The van der Waals surface area contributed by atoms with Crippen LogP contribution in [0.1, 0.15) is 10.4 Å². The fourth-order valence-electron chi connectivity index (χ4n) is 2.30. The van der Waals surface area contributed by atoms with Gasteiger partial charge in [-0.3, -0.25) is 4.79 Å². The summed E-state index contributed by atoms with van der Waals surface area (Å²) >= 11 is 0. The van der Waals surface area contributed by atoms with E-state index in [1.54, 1.807) is 18.2 Å². The molecule has 21 heavy (non-hydrogen) atoms. The van der Waals surface area contributed by atoms with Crippen LogP contribution in [-0.2, 0) is 0 Å². The van der Waals surface area contributed by atoms with Crippen molar-refractivity contribution < 1.29 is 4.79 Å². The van der Waals surface area contributed by atoms with Gasteiger partial charge in [0, 0.05) is 11.4 Å². The topological polar surface area (TPSA) is 81.1 Å².